The van der Waals surface area contributed by atoms with Crippen LogP contribution >= 0.6 is 0 Å². The van der Waals surface area contributed by atoms with Crippen molar-refractivity contribution >= 4 is 22.6 Å². The first-order chi connectivity index (χ1) is 17.6. The van der Waals surface area contributed by atoms with Gasteiger partial charge in [0.2, 0.25) is 0 Å². The Hall–Kier alpha value is -3.36. The summed E-state index contributed by atoms with van der Waals surface area (Å²) in [5.74, 6) is 2.26. The zero-order chi connectivity index (χ0) is 24.9. The van der Waals surface area contributed by atoms with Crippen LogP contribution in [0.15, 0.2) is 48.5 Å². The molecule has 8 nitrogen and oxygen atoms in total. The molecule has 0 aliphatic carbocycles. The molecular formula is C28H33N3O5. The van der Waals surface area contributed by atoms with Crippen molar-refractivity contribution in [2.45, 2.75) is 25.5 Å². The van der Waals surface area contributed by atoms with Crippen molar-refractivity contribution in [3.63, 3.8) is 0 Å². The number of aromatic nitrogens is 1. The lowest BCUT2D eigenvalue weighted by molar-refractivity contribution is 0.0507. The van der Waals surface area contributed by atoms with Crippen LogP contribution in [-0.4, -0.2) is 75.6 Å². The number of carbonyl (C=O) groups excluding carboxylic acids is 1. The Labute approximate surface area is 211 Å². The molecule has 8 heteroatoms. The Morgan fingerprint density at radius 2 is 1.86 bits per heavy atom. The number of fused-ring (bicyclic) bond motifs is 1. The zero-order valence-electron chi connectivity index (χ0n) is 20.9. The van der Waals surface area contributed by atoms with Gasteiger partial charge in [-0.2, -0.15) is 0 Å². The third-order valence-corrected chi connectivity index (χ3v) is 6.80. The van der Waals surface area contributed by atoms with E-state index in [1.54, 1.807) is 20.3 Å². The van der Waals surface area contributed by atoms with Gasteiger partial charge in [-0.3, -0.25) is 4.79 Å². The van der Waals surface area contributed by atoms with E-state index in [-0.39, 0.29) is 12.0 Å². The van der Waals surface area contributed by atoms with Crippen molar-refractivity contribution in [1.82, 2.24) is 9.88 Å². The van der Waals surface area contributed by atoms with E-state index in [2.05, 4.69) is 11.0 Å². The van der Waals surface area contributed by atoms with Crippen LogP contribution in [0, 0.1) is 0 Å². The van der Waals surface area contributed by atoms with Crippen molar-refractivity contribution in [2.75, 3.05) is 58.6 Å². The molecule has 0 bridgehead atoms. The largest absolute Gasteiger partial charge is 0.497 e. The lowest BCUT2D eigenvalue weighted by Gasteiger charge is -2.32. The second-order valence-corrected chi connectivity index (χ2v) is 9.18. The molecule has 0 saturated carbocycles. The number of amides is 1. The second-order valence-electron chi connectivity index (χ2n) is 9.18. The Kier molecular flexibility index (Phi) is 7.53. The highest BCUT2D eigenvalue weighted by atomic mass is 16.5. The number of hydrogen-bond acceptors (Lipinski definition) is 7. The van der Waals surface area contributed by atoms with Crippen molar-refractivity contribution in [3.8, 4) is 11.5 Å². The number of nitrogens with zero attached hydrogens (tertiary/aromatic N) is 3. The summed E-state index contributed by atoms with van der Waals surface area (Å²) in [4.78, 5) is 23.0. The lowest BCUT2D eigenvalue weighted by Crippen LogP contribution is -2.40. The predicted octanol–water partition coefficient (Wildman–Crippen LogP) is 3.91. The standard InChI is InChI=1S/C28H33N3O5/c1-33-23-6-3-5-21(16-23)28(32)31(19-25-7-4-12-36-25)18-22-15-20-8-9-24(34-2)17-26(20)29-27(22)30-10-13-35-14-11-30/h3,5-6,8-9,15-17,25H,4,7,10-14,18-19H2,1-2H3/t25-/m1/s1. The first-order valence-electron chi connectivity index (χ1n) is 12.5. The number of morpholine rings is 1. The molecule has 0 unspecified atom stereocenters. The molecule has 3 heterocycles. The summed E-state index contributed by atoms with van der Waals surface area (Å²) in [7, 11) is 3.27. The number of pyridine rings is 1. The summed E-state index contributed by atoms with van der Waals surface area (Å²) in [6, 6.07) is 15.4. The fourth-order valence-electron chi connectivity index (χ4n) is 4.87. The Morgan fingerprint density at radius 3 is 2.61 bits per heavy atom. The van der Waals surface area contributed by atoms with Crippen LogP contribution < -0.4 is 14.4 Å². The topological polar surface area (TPSA) is 73.4 Å². The van der Waals surface area contributed by atoms with Crippen LogP contribution in [0.3, 0.4) is 0 Å². The average Bonchev–Trinajstić information content (AvgIpc) is 3.45. The SMILES string of the molecule is COc1cccc(C(=O)N(Cc2cc3ccc(OC)cc3nc2N2CCOCC2)C[C@H]2CCCO2)c1. The summed E-state index contributed by atoms with van der Waals surface area (Å²) >= 11 is 0. The van der Waals surface area contributed by atoms with Crippen LogP contribution in [0.5, 0.6) is 11.5 Å². The number of benzene rings is 2. The van der Waals surface area contributed by atoms with E-state index in [0.29, 0.717) is 37.6 Å². The van der Waals surface area contributed by atoms with Crippen molar-refractivity contribution in [3.05, 3.63) is 59.7 Å². The minimum absolute atomic E-state index is 0.0315. The van der Waals surface area contributed by atoms with E-state index in [1.165, 1.54) is 0 Å². The number of carbonyl (C=O) groups is 1. The van der Waals surface area contributed by atoms with Gasteiger partial charge in [-0.25, -0.2) is 4.98 Å². The highest BCUT2D eigenvalue weighted by molar-refractivity contribution is 5.95. The van der Waals surface area contributed by atoms with E-state index in [9.17, 15) is 4.79 Å². The quantitative estimate of drug-likeness (QED) is 0.473. The Balaban J connectivity index is 1.53. The number of rotatable bonds is 8. The molecule has 2 aliphatic heterocycles. The number of methoxy groups -OCH3 is 2. The van der Waals surface area contributed by atoms with Crippen LogP contribution in [-0.2, 0) is 16.0 Å². The van der Waals surface area contributed by atoms with Gasteiger partial charge >= 0.3 is 0 Å². The third-order valence-electron chi connectivity index (χ3n) is 6.80. The average molecular weight is 492 g/mol. The smallest absolute Gasteiger partial charge is 0.254 e. The van der Waals surface area contributed by atoms with E-state index < -0.39 is 0 Å². The Morgan fingerprint density at radius 1 is 1.06 bits per heavy atom. The molecule has 0 spiro atoms. The first-order valence-corrected chi connectivity index (χ1v) is 12.5. The van der Waals surface area contributed by atoms with Gasteiger partial charge in [-0.05, 0) is 49.2 Å². The number of hydrogen-bond donors (Lipinski definition) is 0. The summed E-state index contributed by atoms with van der Waals surface area (Å²) < 4.78 is 22.3. The molecule has 1 aromatic heterocycles. The molecular weight excluding hydrogens is 458 g/mol. The van der Waals surface area contributed by atoms with Crippen molar-refractivity contribution < 1.29 is 23.7 Å². The van der Waals surface area contributed by atoms with Crippen LogP contribution in [0.2, 0.25) is 0 Å². The van der Waals surface area contributed by atoms with Gasteiger partial charge in [-0.1, -0.05) is 6.07 Å². The third kappa shape index (κ3) is 5.39. The molecule has 190 valence electrons. The van der Waals surface area contributed by atoms with Gasteiger partial charge in [0, 0.05) is 55.4 Å². The highest BCUT2D eigenvalue weighted by Gasteiger charge is 2.26. The van der Waals surface area contributed by atoms with Gasteiger partial charge in [0.15, 0.2) is 0 Å². The maximum Gasteiger partial charge on any atom is 0.254 e. The Bertz CT molecular complexity index is 1210. The van der Waals surface area contributed by atoms with Gasteiger partial charge in [-0.15, -0.1) is 0 Å². The molecule has 2 fully saturated rings. The van der Waals surface area contributed by atoms with Crippen molar-refractivity contribution in [1.29, 1.82) is 0 Å². The highest BCUT2D eigenvalue weighted by Crippen LogP contribution is 2.29. The molecule has 36 heavy (non-hydrogen) atoms. The minimum Gasteiger partial charge on any atom is -0.497 e. The molecule has 2 saturated heterocycles. The van der Waals surface area contributed by atoms with E-state index in [0.717, 1.165) is 60.6 Å². The van der Waals surface area contributed by atoms with E-state index in [1.807, 2.05) is 41.3 Å². The van der Waals surface area contributed by atoms with Crippen LogP contribution in [0.1, 0.15) is 28.8 Å². The van der Waals surface area contributed by atoms with Gasteiger partial charge < -0.3 is 28.7 Å². The summed E-state index contributed by atoms with van der Waals surface area (Å²) in [6.45, 7) is 4.51. The molecule has 3 aromatic rings. The van der Waals surface area contributed by atoms with Crippen LogP contribution in [0.25, 0.3) is 10.9 Å². The minimum atomic E-state index is -0.0489. The summed E-state index contributed by atoms with van der Waals surface area (Å²) in [5.41, 5.74) is 2.46. The zero-order valence-corrected chi connectivity index (χ0v) is 20.9. The molecule has 0 N–H and O–H groups in total. The number of ether oxygens (including phenoxy) is 4. The van der Waals surface area contributed by atoms with Gasteiger partial charge in [0.1, 0.15) is 17.3 Å². The maximum atomic E-state index is 13.8. The van der Waals surface area contributed by atoms with E-state index in [4.69, 9.17) is 23.9 Å². The molecule has 2 aliphatic rings. The van der Waals surface area contributed by atoms with Gasteiger partial charge in [0.25, 0.3) is 5.91 Å². The lowest BCUT2D eigenvalue weighted by atomic mass is 10.1. The molecule has 5 rings (SSSR count). The van der Waals surface area contributed by atoms with E-state index >= 15 is 0 Å². The second kappa shape index (κ2) is 11.1. The normalized spacial score (nSPS) is 17.8. The summed E-state index contributed by atoms with van der Waals surface area (Å²) in [6.07, 6.45) is 2.00. The number of anilines is 1. The molecule has 0 radical (unpaired) electrons. The maximum absolute atomic E-state index is 13.8. The van der Waals surface area contributed by atoms with Crippen molar-refractivity contribution in [2.24, 2.45) is 0 Å². The fraction of sp³-hybridized carbons (Fsp3) is 0.429. The molecule has 1 atom stereocenters. The monoisotopic (exact) mass is 491 g/mol. The molecule has 2 aromatic carbocycles. The predicted molar refractivity (Wildman–Crippen MR) is 138 cm³/mol. The fourth-order valence-corrected chi connectivity index (χ4v) is 4.87. The summed E-state index contributed by atoms with van der Waals surface area (Å²) in [5, 5.41) is 1.01. The van der Waals surface area contributed by atoms with Crippen LogP contribution in [0.4, 0.5) is 5.82 Å². The molecule has 1 amide bonds. The first kappa shape index (κ1) is 24.3. The van der Waals surface area contributed by atoms with Gasteiger partial charge in [0.05, 0.1) is 39.1 Å².